The molecule has 5 heteroatoms. The van der Waals surface area contributed by atoms with Crippen LogP contribution in [0.1, 0.15) is 31.0 Å². The lowest BCUT2D eigenvalue weighted by atomic mass is 10.2. The Hall–Kier alpha value is -0.940. The minimum atomic E-state index is -0.368. The maximum atomic E-state index is 12.3. The first-order valence-corrected chi connectivity index (χ1v) is 6.88. The van der Waals surface area contributed by atoms with E-state index in [0.717, 1.165) is 18.4 Å². The summed E-state index contributed by atoms with van der Waals surface area (Å²) in [5.74, 6) is 0.155. The van der Waals surface area contributed by atoms with Crippen molar-refractivity contribution in [1.82, 2.24) is 10.2 Å². The zero-order valence-electron chi connectivity index (χ0n) is 9.49. The van der Waals surface area contributed by atoms with E-state index < -0.39 is 0 Å². The van der Waals surface area contributed by atoms with Crippen LogP contribution in [0.15, 0.2) is 16.8 Å². The third kappa shape index (κ3) is 1.77. The molecule has 92 valence electrons. The van der Waals surface area contributed by atoms with E-state index in [4.69, 9.17) is 0 Å². The maximum absolute atomic E-state index is 12.3. The molecular weight excluding hydrogens is 239 g/mol. The molecule has 1 aromatic rings. The first kappa shape index (κ1) is 11.2. The van der Waals surface area contributed by atoms with Crippen LogP contribution in [-0.2, 0) is 4.79 Å². The fourth-order valence-corrected chi connectivity index (χ4v) is 3.11. The fourth-order valence-electron chi connectivity index (χ4n) is 2.43. The van der Waals surface area contributed by atoms with Crippen LogP contribution in [0.4, 0.5) is 4.39 Å². The summed E-state index contributed by atoms with van der Waals surface area (Å²) in [4.78, 5) is 14.0. The van der Waals surface area contributed by atoms with Crippen molar-refractivity contribution in [3.63, 3.8) is 0 Å². The zero-order valence-corrected chi connectivity index (χ0v) is 10.3. The molecule has 1 saturated carbocycles. The average molecular weight is 254 g/mol. The van der Waals surface area contributed by atoms with Gasteiger partial charge in [-0.05, 0) is 41.7 Å². The van der Waals surface area contributed by atoms with E-state index in [1.807, 2.05) is 11.4 Å². The molecule has 0 radical (unpaired) electrons. The molecule has 1 atom stereocenters. The summed E-state index contributed by atoms with van der Waals surface area (Å²) < 4.78 is 12.3. The molecule has 1 saturated heterocycles. The summed E-state index contributed by atoms with van der Waals surface area (Å²) >= 11 is 1.62. The van der Waals surface area contributed by atoms with Crippen molar-refractivity contribution in [1.29, 1.82) is 0 Å². The lowest BCUT2D eigenvalue weighted by Crippen LogP contribution is -2.33. The van der Waals surface area contributed by atoms with Crippen molar-refractivity contribution >= 4 is 17.2 Å². The molecule has 3 nitrogen and oxygen atoms in total. The SMILES string of the molecule is O=C1N(CCCF)C(c2ccsc2)NC12CC2. The van der Waals surface area contributed by atoms with Crippen molar-refractivity contribution in [2.24, 2.45) is 0 Å². The number of amides is 1. The smallest absolute Gasteiger partial charge is 0.244 e. The van der Waals surface area contributed by atoms with Crippen LogP contribution in [0.25, 0.3) is 0 Å². The topological polar surface area (TPSA) is 32.3 Å². The molecule has 1 spiro atoms. The summed E-state index contributed by atoms with van der Waals surface area (Å²) in [6.07, 6.45) is 2.20. The molecule has 1 amide bonds. The van der Waals surface area contributed by atoms with Gasteiger partial charge in [-0.2, -0.15) is 11.3 Å². The van der Waals surface area contributed by atoms with E-state index in [9.17, 15) is 9.18 Å². The summed E-state index contributed by atoms with van der Waals surface area (Å²) in [7, 11) is 0. The number of halogens is 1. The molecule has 1 unspecified atom stereocenters. The highest BCUT2D eigenvalue weighted by Gasteiger charge is 2.59. The van der Waals surface area contributed by atoms with E-state index >= 15 is 0 Å². The standard InChI is InChI=1S/C12H15FN2OS/c13-5-1-6-15-10(9-2-7-17-8-9)14-12(3-4-12)11(15)16/h2,7-8,10,14H,1,3-6H2. The number of hydrogen-bond acceptors (Lipinski definition) is 3. The van der Waals surface area contributed by atoms with Gasteiger partial charge in [-0.25, -0.2) is 0 Å². The molecule has 1 N–H and O–H groups in total. The average Bonchev–Trinajstić information content (AvgIpc) is 2.82. The minimum Gasteiger partial charge on any atom is -0.321 e. The fraction of sp³-hybridized carbons (Fsp3) is 0.583. The summed E-state index contributed by atoms with van der Waals surface area (Å²) in [5, 5.41) is 7.47. The number of nitrogens with one attached hydrogen (secondary N) is 1. The summed E-state index contributed by atoms with van der Waals surface area (Å²) in [6, 6.07) is 2.03. The van der Waals surface area contributed by atoms with Crippen LogP contribution < -0.4 is 5.32 Å². The molecule has 17 heavy (non-hydrogen) atoms. The molecule has 0 bridgehead atoms. The molecule has 2 fully saturated rings. The van der Waals surface area contributed by atoms with Gasteiger partial charge in [-0.1, -0.05) is 0 Å². The Bertz CT molecular complexity index is 416. The second-order valence-corrected chi connectivity index (χ2v) is 5.51. The molecule has 2 heterocycles. The Kier molecular flexibility index (Phi) is 2.67. The molecule has 1 aliphatic carbocycles. The number of rotatable bonds is 4. The van der Waals surface area contributed by atoms with E-state index in [1.54, 1.807) is 16.2 Å². The number of nitrogens with zero attached hydrogens (tertiary/aromatic N) is 1. The van der Waals surface area contributed by atoms with Gasteiger partial charge in [0, 0.05) is 6.54 Å². The van der Waals surface area contributed by atoms with Gasteiger partial charge in [0.2, 0.25) is 5.91 Å². The van der Waals surface area contributed by atoms with Gasteiger partial charge in [0.15, 0.2) is 0 Å². The lowest BCUT2D eigenvalue weighted by molar-refractivity contribution is -0.130. The number of alkyl halides is 1. The highest BCUT2D eigenvalue weighted by Crippen LogP contribution is 2.46. The van der Waals surface area contributed by atoms with Crippen LogP contribution in [0.2, 0.25) is 0 Å². The monoisotopic (exact) mass is 254 g/mol. The highest BCUT2D eigenvalue weighted by atomic mass is 32.1. The minimum absolute atomic E-state index is 0.0530. The van der Waals surface area contributed by atoms with Gasteiger partial charge in [-0.3, -0.25) is 14.5 Å². The predicted octanol–water partition coefficient (Wildman–Crippen LogP) is 2.07. The van der Waals surface area contributed by atoms with E-state index in [-0.39, 0.29) is 24.3 Å². The molecule has 0 aromatic carbocycles. The number of carbonyl (C=O) groups is 1. The molecule has 1 aromatic heterocycles. The quantitative estimate of drug-likeness (QED) is 0.892. The van der Waals surface area contributed by atoms with Gasteiger partial charge in [0.25, 0.3) is 0 Å². The molecule has 3 rings (SSSR count). The Labute approximate surface area is 104 Å². The Morgan fingerprint density at radius 3 is 3.00 bits per heavy atom. The number of thiophene rings is 1. The second kappa shape index (κ2) is 4.07. The van der Waals surface area contributed by atoms with Crippen molar-refractivity contribution in [2.75, 3.05) is 13.2 Å². The number of hydrogen-bond donors (Lipinski definition) is 1. The summed E-state index contributed by atoms with van der Waals surface area (Å²) in [6.45, 7) is 0.137. The van der Waals surface area contributed by atoms with Crippen LogP contribution in [-0.4, -0.2) is 29.6 Å². The normalized spacial score (nSPS) is 25.8. The maximum Gasteiger partial charge on any atom is 0.244 e. The first-order chi connectivity index (χ1) is 8.27. The van der Waals surface area contributed by atoms with Crippen molar-refractivity contribution in [3.05, 3.63) is 22.4 Å². The van der Waals surface area contributed by atoms with Crippen molar-refractivity contribution in [2.45, 2.75) is 31.0 Å². The van der Waals surface area contributed by atoms with Gasteiger partial charge in [-0.15, -0.1) is 0 Å². The largest absolute Gasteiger partial charge is 0.321 e. The summed E-state index contributed by atoms with van der Waals surface area (Å²) in [5.41, 5.74) is 0.800. The highest BCUT2D eigenvalue weighted by molar-refractivity contribution is 7.07. The van der Waals surface area contributed by atoms with Crippen LogP contribution in [0.3, 0.4) is 0 Å². The third-order valence-electron chi connectivity index (χ3n) is 3.54. The van der Waals surface area contributed by atoms with Gasteiger partial charge in [0.05, 0.1) is 6.67 Å². The van der Waals surface area contributed by atoms with E-state index in [0.29, 0.717) is 13.0 Å². The van der Waals surface area contributed by atoms with Gasteiger partial charge in [0.1, 0.15) is 11.7 Å². The first-order valence-electron chi connectivity index (χ1n) is 5.94. The molecule has 1 aliphatic heterocycles. The van der Waals surface area contributed by atoms with Crippen LogP contribution in [0.5, 0.6) is 0 Å². The van der Waals surface area contributed by atoms with E-state index in [2.05, 4.69) is 10.7 Å². The van der Waals surface area contributed by atoms with Gasteiger partial charge >= 0.3 is 0 Å². The third-order valence-corrected chi connectivity index (χ3v) is 4.24. The van der Waals surface area contributed by atoms with Crippen molar-refractivity contribution in [3.8, 4) is 0 Å². The zero-order chi connectivity index (χ0) is 11.9. The Morgan fingerprint density at radius 2 is 2.41 bits per heavy atom. The van der Waals surface area contributed by atoms with Crippen molar-refractivity contribution < 1.29 is 9.18 Å². The molecule has 2 aliphatic rings. The predicted molar refractivity (Wildman–Crippen MR) is 64.5 cm³/mol. The Balaban J connectivity index is 1.83. The van der Waals surface area contributed by atoms with E-state index in [1.165, 1.54) is 0 Å². The second-order valence-electron chi connectivity index (χ2n) is 4.73. The number of carbonyl (C=O) groups excluding carboxylic acids is 1. The lowest BCUT2D eigenvalue weighted by Gasteiger charge is -2.23. The van der Waals surface area contributed by atoms with Crippen LogP contribution in [0, 0.1) is 0 Å². The van der Waals surface area contributed by atoms with Gasteiger partial charge < -0.3 is 4.90 Å². The van der Waals surface area contributed by atoms with Crippen LogP contribution >= 0.6 is 11.3 Å². The Morgan fingerprint density at radius 1 is 1.59 bits per heavy atom. The molecular formula is C12H15FN2OS.